The predicted molar refractivity (Wildman–Crippen MR) is 125 cm³/mol. The van der Waals surface area contributed by atoms with Gasteiger partial charge in [0, 0.05) is 11.1 Å². The lowest BCUT2D eigenvalue weighted by Gasteiger charge is -2.28. The van der Waals surface area contributed by atoms with Gasteiger partial charge >= 0.3 is 0 Å². The Morgan fingerprint density at radius 1 is 1.10 bits per heavy atom. The molecular weight excluding hydrogens is 420 g/mol. The molecule has 1 heterocycles. The molecule has 1 aromatic rings. The fourth-order valence-electron chi connectivity index (χ4n) is 3.00. The van der Waals surface area contributed by atoms with Crippen LogP contribution in [0, 0.1) is 0 Å². The van der Waals surface area contributed by atoms with Crippen molar-refractivity contribution >= 4 is 38.9 Å². The summed E-state index contributed by atoms with van der Waals surface area (Å²) in [5.74, 6) is -0.151. The molecule has 1 fully saturated rings. The first-order valence-corrected chi connectivity index (χ1v) is 12.5. The maximum absolute atomic E-state index is 12.4. The Bertz CT molecular complexity index is 960. The molecule has 0 aliphatic carbocycles. The molecule has 1 saturated heterocycles. The molecule has 2 N–H and O–H groups in total. The van der Waals surface area contributed by atoms with E-state index in [0.717, 1.165) is 34.9 Å². The summed E-state index contributed by atoms with van der Waals surface area (Å²) in [5, 5.41) is 13.5. The largest absolute Gasteiger partial charge is 0.507 e. The minimum Gasteiger partial charge on any atom is -0.507 e. The fourth-order valence-corrected chi connectivity index (χ4v) is 5.23. The molecule has 1 amide bonds. The van der Waals surface area contributed by atoms with Crippen LogP contribution in [0.5, 0.6) is 5.75 Å². The van der Waals surface area contributed by atoms with E-state index < -0.39 is 10.0 Å². The molecule has 0 aromatic heterocycles. The van der Waals surface area contributed by atoms with Crippen molar-refractivity contribution in [2.45, 2.75) is 72.1 Å². The molecule has 166 valence electrons. The summed E-state index contributed by atoms with van der Waals surface area (Å²) in [5.41, 5.74) is 1.78. The summed E-state index contributed by atoms with van der Waals surface area (Å²) in [6.45, 7) is 14.0. The zero-order valence-electron chi connectivity index (χ0n) is 18.8. The van der Waals surface area contributed by atoms with E-state index in [4.69, 9.17) is 0 Å². The van der Waals surface area contributed by atoms with Crippen LogP contribution >= 0.6 is 11.8 Å². The molecule has 1 aromatic carbocycles. The first kappa shape index (κ1) is 24.5. The number of amidine groups is 1. The highest BCUT2D eigenvalue weighted by molar-refractivity contribution is 8.19. The van der Waals surface area contributed by atoms with E-state index >= 15 is 0 Å². The Morgan fingerprint density at radius 2 is 1.63 bits per heavy atom. The van der Waals surface area contributed by atoms with Crippen LogP contribution in [-0.2, 0) is 25.6 Å². The average molecular weight is 453 g/mol. The molecule has 0 saturated carbocycles. The number of amides is 1. The van der Waals surface area contributed by atoms with Crippen LogP contribution in [0.2, 0.25) is 0 Å². The quantitative estimate of drug-likeness (QED) is 0.633. The number of phenols is 1. The molecule has 1 aliphatic rings. The van der Waals surface area contributed by atoms with Gasteiger partial charge in [-0.05, 0) is 52.8 Å². The van der Waals surface area contributed by atoms with E-state index in [-0.39, 0.29) is 33.4 Å². The van der Waals surface area contributed by atoms with E-state index in [1.165, 1.54) is 0 Å². The molecule has 0 radical (unpaired) electrons. The van der Waals surface area contributed by atoms with Crippen molar-refractivity contribution in [1.82, 2.24) is 5.32 Å². The predicted octanol–water partition coefficient (Wildman–Crippen LogP) is 4.68. The van der Waals surface area contributed by atoms with Crippen molar-refractivity contribution < 1.29 is 18.3 Å². The van der Waals surface area contributed by atoms with Crippen LogP contribution in [0.4, 0.5) is 0 Å². The molecule has 0 atom stereocenters. The van der Waals surface area contributed by atoms with Gasteiger partial charge in [0.25, 0.3) is 15.9 Å². The van der Waals surface area contributed by atoms with Crippen molar-refractivity contribution in [2.24, 2.45) is 4.40 Å². The smallest absolute Gasteiger partial charge is 0.264 e. The highest BCUT2D eigenvalue weighted by atomic mass is 32.2. The Labute approximate surface area is 184 Å². The van der Waals surface area contributed by atoms with Gasteiger partial charge < -0.3 is 5.11 Å². The van der Waals surface area contributed by atoms with E-state index in [9.17, 15) is 18.3 Å². The van der Waals surface area contributed by atoms with Gasteiger partial charge in [0.2, 0.25) is 0 Å². The van der Waals surface area contributed by atoms with Gasteiger partial charge in [-0.15, -0.1) is 4.40 Å². The molecule has 2 rings (SSSR count). The second-order valence-corrected chi connectivity index (χ2v) is 12.4. The van der Waals surface area contributed by atoms with Crippen LogP contribution in [0.3, 0.4) is 0 Å². The number of hydrogen-bond acceptors (Lipinski definition) is 5. The fraction of sp³-hybridized carbons (Fsp3) is 0.545. The van der Waals surface area contributed by atoms with Crippen LogP contribution in [-0.4, -0.2) is 30.4 Å². The summed E-state index contributed by atoms with van der Waals surface area (Å²) in [6.07, 6.45) is 2.99. The number of carbonyl (C=O) groups excluding carboxylic acids is 1. The summed E-state index contributed by atoms with van der Waals surface area (Å²) >= 11 is 1.01. The zero-order valence-corrected chi connectivity index (χ0v) is 20.4. The summed E-state index contributed by atoms with van der Waals surface area (Å²) in [7, 11) is -3.61. The number of benzene rings is 1. The van der Waals surface area contributed by atoms with Crippen molar-refractivity contribution in [3.63, 3.8) is 0 Å². The SMILES string of the molecule is CCCCS(=O)(=O)N=C1NC(=O)C(=Cc2cc(C(C)(C)C)c(O)c(C(C)(C)C)c2)S1. The van der Waals surface area contributed by atoms with Gasteiger partial charge in [-0.2, -0.15) is 0 Å². The van der Waals surface area contributed by atoms with Gasteiger partial charge in [-0.1, -0.05) is 54.9 Å². The maximum Gasteiger partial charge on any atom is 0.264 e. The Balaban J connectivity index is 2.47. The van der Waals surface area contributed by atoms with Crippen molar-refractivity contribution in [2.75, 3.05) is 5.75 Å². The molecule has 8 heteroatoms. The third-order valence-corrected chi connectivity index (χ3v) is 6.97. The van der Waals surface area contributed by atoms with E-state index in [1.54, 1.807) is 6.08 Å². The molecule has 1 aliphatic heterocycles. The topological polar surface area (TPSA) is 95.8 Å². The summed E-state index contributed by atoms with van der Waals surface area (Å²) in [4.78, 5) is 12.8. The highest BCUT2D eigenvalue weighted by Gasteiger charge is 2.29. The zero-order chi connectivity index (χ0) is 22.9. The first-order chi connectivity index (χ1) is 13.6. The maximum atomic E-state index is 12.4. The minimum atomic E-state index is -3.61. The van der Waals surface area contributed by atoms with Gasteiger partial charge in [0.05, 0.1) is 10.7 Å². The molecule has 0 bridgehead atoms. The van der Waals surface area contributed by atoms with Crippen molar-refractivity contribution in [3.05, 3.63) is 33.7 Å². The number of aromatic hydroxyl groups is 1. The van der Waals surface area contributed by atoms with Crippen LogP contribution in [0.25, 0.3) is 6.08 Å². The molecule has 6 nitrogen and oxygen atoms in total. The monoisotopic (exact) mass is 452 g/mol. The number of sulfonamides is 1. The minimum absolute atomic E-state index is 0.0374. The number of nitrogens with one attached hydrogen (secondary N) is 1. The number of nitrogens with zero attached hydrogens (tertiary/aromatic N) is 1. The second kappa shape index (κ2) is 8.75. The van der Waals surface area contributed by atoms with E-state index in [1.807, 2.05) is 60.6 Å². The Morgan fingerprint density at radius 3 is 2.10 bits per heavy atom. The number of thioether (sulfide) groups is 1. The highest BCUT2D eigenvalue weighted by Crippen LogP contribution is 2.40. The van der Waals surface area contributed by atoms with E-state index in [2.05, 4.69) is 9.71 Å². The van der Waals surface area contributed by atoms with Gasteiger partial charge in [0.1, 0.15) is 5.75 Å². The van der Waals surface area contributed by atoms with Gasteiger partial charge in [-0.25, -0.2) is 8.42 Å². The third-order valence-electron chi connectivity index (χ3n) is 4.67. The van der Waals surface area contributed by atoms with Crippen molar-refractivity contribution in [3.8, 4) is 5.75 Å². The standard InChI is InChI=1S/C22H32N2O4S2/c1-8-9-10-30(27,28)24-20-23-19(26)17(29-20)13-14-11-15(21(2,3)4)18(25)16(12-14)22(5,6)7/h11-13,25H,8-10H2,1-7H3,(H,23,24,26). The molecule has 30 heavy (non-hydrogen) atoms. The average Bonchev–Trinajstić information content (AvgIpc) is 2.90. The third kappa shape index (κ3) is 6.11. The molecule has 0 spiro atoms. The lowest BCUT2D eigenvalue weighted by atomic mass is 9.78. The first-order valence-electron chi connectivity index (χ1n) is 10.1. The number of unbranched alkanes of at least 4 members (excludes halogenated alkanes) is 1. The van der Waals surface area contributed by atoms with Crippen LogP contribution in [0.15, 0.2) is 21.4 Å². The lowest BCUT2D eigenvalue weighted by Crippen LogP contribution is -2.21. The Kier molecular flexibility index (Phi) is 7.13. The van der Waals surface area contributed by atoms with Gasteiger partial charge in [0.15, 0.2) is 5.17 Å². The lowest BCUT2D eigenvalue weighted by molar-refractivity contribution is -0.115. The summed E-state index contributed by atoms with van der Waals surface area (Å²) in [6, 6.07) is 3.75. The Hall–Kier alpha value is -1.80. The number of carbonyl (C=O) groups is 1. The van der Waals surface area contributed by atoms with Gasteiger partial charge in [-0.3, -0.25) is 10.1 Å². The van der Waals surface area contributed by atoms with Crippen LogP contribution in [0.1, 0.15) is 78.0 Å². The molecular formula is C22H32N2O4S2. The molecule has 0 unspecified atom stereocenters. The number of rotatable bonds is 5. The second-order valence-electron chi connectivity index (χ2n) is 9.57. The van der Waals surface area contributed by atoms with Crippen LogP contribution < -0.4 is 5.32 Å². The summed E-state index contributed by atoms with van der Waals surface area (Å²) < 4.78 is 27.9. The normalized spacial score (nSPS) is 18.3. The van der Waals surface area contributed by atoms with Crippen molar-refractivity contribution in [1.29, 1.82) is 0 Å². The van der Waals surface area contributed by atoms with E-state index in [0.29, 0.717) is 11.3 Å². The number of phenolic OH excluding ortho intramolecular Hbond substituents is 1. The number of hydrogen-bond donors (Lipinski definition) is 2.